The lowest BCUT2D eigenvalue weighted by atomic mass is 10.0. The van der Waals surface area contributed by atoms with Crippen LogP contribution in [0.25, 0.3) is 0 Å². The quantitative estimate of drug-likeness (QED) is 0.612. The molecule has 1 aliphatic rings. The molecule has 0 aliphatic carbocycles. The summed E-state index contributed by atoms with van der Waals surface area (Å²) in [5.41, 5.74) is -0.658. The van der Waals surface area contributed by atoms with Gasteiger partial charge in [-0.25, -0.2) is 4.79 Å². The Hall–Kier alpha value is -2.32. The highest BCUT2D eigenvalue weighted by atomic mass is 16.6. The van der Waals surface area contributed by atoms with Crippen LogP contribution < -0.4 is 16.0 Å². The SMILES string of the molecule is CNC(=O)[C@@H](NC(=O)[C@@H]1CCCN1C(=O)CNC(=O)OC(C)(C)C)C(C)C. The number of carbonyl (C=O) groups is 4. The van der Waals surface area contributed by atoms with Crippen molar-refractivity contribution < 1.29 is 23.9 Å². The maximum Gasteiger partial charge on any atom is 0.408 e. The van der Waals surface area contributed by atoms with Crippen LogP contribution in [0.3, 0.4) is 0 Å². The number of likely N-dealkylation sites (N-methyl/N-ethyl adjacent to an activating group) is 1. The van der Waals surface area contributed by atoms with Gasteiger partial charge in [-0.3, -0.25) is 14.4 Å². The van der Waals surface area contributed by atoms with Gasteiger partial charge >= 0.3 is 6.09 Å². The molecule has 1 saturated heterocycles. The molecule has 0 unspecified atom stereocenters. The second-order valence-corrected chi connectivity index (χ2v) is 7.95. The summed E-state index contributed by atoms with van der Waals surface area (Å²) in [4.78, 5) is 50.1. The highest BCUT2D eigenvalue weighted by Gasteiger charge is 2.36. The molecule has 2 atom stereocenters. The summed E-state index contributed by atoms with van der Waals surface area (Å²) in [6.07, 6.45) is 0.515. The summed E-state index contributed by atoms with van der Waals surface area (Å²) in [7, 11) is 1.51. The number of alkyl carbamates (subject to hydrolysis) is 1. The Morgan fingerprint density at radius 3 is 2.33 bits per heavy atom. The maximum atomic E-state index is 12.6. The molecule has 3 N–H and O–H groups in total. The van der Waals surface area contributed by atoms with Gasteiger partial charge in [0.25, 0.3) is 0 Å². The Labute approximate surface area is 160 Å². The summed E-state index contributed by atoms with van der Waals surface area (Å²) in [5, 5.41) is 7.68. The van der Waals surface area contributed by atoms with E-state index >= 15 is 0 Å². The second-order valence-electron chi connectivity index (χ2n) is 7.95. The Bertz CT molecular complexity index is 571. The van der Waals surface area contributed by atoms with E-state index in [2.05, 4.69) is 16.0 Å². The van der Waals surface area contributed by atoms with Crippen LogP contribution in [0.2, 0.25) is 0 Å². The lowest BCUT2D eigenvalue weighted by Crippen LogP contribution is -2.55. The predicted octanol–water partition coefficient (Wildman–Crippen LogP) is 0.389. The van der Waals surface area contributed by atoms with Crippen molar-refractivity contribution in [2.24, 2.45) is 5.92 Å². The Morgan fingerprint density at radius 2 is 1.81 bits per heavy atom. The van der Waals surface area contributed by atoms with Gasteiger partial charge in [-0.15, -0.1) is 0 Å². The van der Waals surface area contributed by atoms with Gasteiger partial charge in [-0.2, -0.15) is 0 Å². The van der Waals surface area contributed by atoms with Gasteiger partial charge in [-0.1, -0.05) is 13.8 Å². The van der Waals surface area contributed by atoms with E-state index in [1.165, 1.54) is 11.9 Å². The number of rotatable bonds is 6. The minimum atomic E-state index is -0.685. The molecule has 0 radical (unpaired) electrons. The van der Waals surface area contributed by atoms with Crippen molar-refractivity contribution in [1.82, 2.24) is 20.9 Å². The fourth-order valence-electron chi connectivity index (χ4n) is 2.84. The van der Waals surface area contributed by atoms with Crippen LogP contribution in [0.1, 0.15) is 47.5 Å². The van der Waals surface area contributed by atoms with Crippen molar-refractivity contribution in [3.8, 4) is 0 Å². The van der Waals surface area contributed by atoms with Gasteiger partial charge in [0.05, 0.1) is 0 Å². The summed E-state index contributed by atoms with van der Waals surface area (Å²) in [5.74, 6) is -1.09. The lowest BCUT2D eigenvalue weighted by molar-refractivity contribution is -0.139. The minimum Gasteiger partial charge on any atom is -0.444 e. The molecular formula is C18H32N4O5. The van der Waals surface area contributed by atoms with E-state index in [9.17, 15) is 19.2 Å². The molecule has 1 fully saturated rings. The Kier molecular flexibility index (Phi) is 8.05. The Morgan fingerprint density at radius 1 is 1.19 bits per heavy atom. The minimum absolute atomic E-state index is 0.0895. The molecule has 27 heavy (non-hydrogen) atoms. The number of hydrogen-bond acceptors (Lipinski definition) is 5. The number of amides is 4. The van der Waals surface area contributed by atoms with Crippen LogP contribution in [0, 0.1) is 5.92 Å². The van der Waals surface area contributed by atoms with Crippen LogP contribution in [-0.2, 0) is 19.1 Å². The fraction of sp³-hybridized carbons (Fsp3) is 0.778. The van der Waals surface area contributed by atoms with Crippen molar-refractivity contribution in [1.29, 1.82) is 0 Å². The maximum absolute atomic E-state index is 12.6. The third kappa shape index (κ3) is 7.07. The van der Waals surface area contributed by atoms with Gasteiger partial charge in [0.2, 0.25) is 17.7 Å². The summed E-state index contributed by atoms with van der Waals surface area (Å²) >= 11 is 0. The zero-order valence-electron chi connectivity index (χ0n) is 17.0. The predicted molar refractivity (Wildman–Crippen MR) is 99.8 cm³/mol. The lowest BCUT2D eigenvalue weighted by Gasteiger charge is -2.27. The third-order valence-corrected chi connectivity index (χ3v) is 4.15. The number of nitrogens with zero attached hydrogens (tertiary/aromatic N) is 1. The van der Waals surface area contributed by atoms with Crippen molar-refractivity contribution in [2.45, 2.75) is 65.1 Å². The van der Waals surface area contributed by atoms with Crippen LogP contribution >= 0.6 is 0 Å². The molecule has 9 nitrogen and oxygen atoms in total. The molecule has 1 heterocycles. The molecule has 0 bridgehead atoms. The first-order valence-corrected chi connectivity index (χ1v) is 9.24. The first-order chi connectivity index (χ1) is 12.5. The van der Waals surface area contributed by atoms with Crippen LogP contribution in [-0.4, -0.2) is 66.5 Å². The van der Waals surface area contributed by atoms with E-state index in [0.29, 0.717) is 19.4 Å². The number of likely N-dealkylation sites (tertiary alicyclic amines) is 1. The highest BCUT2D eigenvalue weighted by Crippen LogP contribution is 2.18. The first kappa shape index (κ1) is 22.7. The normalized spacial score (nSPS) is 18.0. The summed E-state index contributed by atoms with van der Waals surface area (Å²) in [6, 6.07) is -1.32. The summed E-state index contributed by atoms with van der Waals surface area (Å²) in [6.45, 7) is 9.04. The molecule has 1 rings (SSSR count). The number of ether oxygens (including phenoxy) is 1. The number of hydrogen-bond donors (Lipinski definition) is 3. The standard InChI is InChI=1S/C18H32N4O5/c1-11(2)14(16(25)19-6)21-15(24)12-8-7-9-22(12)13(23)10-20-17(26)27-18(3,4)5/h11-12,14H,7-10H2,1-6H3,(H,19,25)(H,20,26)(H,21,24)/t12-,14-/m0/s1. The van der Waals surface area contributed by atoms with Crippen molar-refractivity contribution in [2.75, 3.05) is 20.1 Å². The van der Waals surface area contributed by atoms with Crippen LogP contribution in [0.4, 0.5) is 4.79 Å². The van der Waals surface area contributed by atoms with E-state index in [0.717, 1.165) is 0 Å². The van der Waals surface area contributed by atoms with Gasteiger partial charge < -0.3 is 25.6 Å². The molecule has 0 aromatic heterocycles. The number of carbonyl (C=O) groups excluding carboxylic acids is 4. The molecular weight excluding hydrogens is 352 g/mol. The van der Waals surface area contributed by atoms with E-state index in [4.69, 9.17) is 4.74 Å². The highest BCUT2D eigenvalue weighted by molar-refractivity contribution is 5.93. The van der Waals surface area contributed by atoms with Gasteiger partial charge in [0.1, 0.15) is 24.2 Å². The third-order valence-electron chi connectivity index (χ3n) is 4.15. The van der Waals surface area contributed by atoms with Gasteiger partial charge in [0.15, 0.2) is 0 Å². The molecule has 0 saturated carbocycles. The Balaban J connectivity index is 2.66. The van der Waals surface area contributed by atoms with E-state index in [-0.39, 0.29) is 30.2 Å². The van der Waals surface area contributed by atoms with Crippen LogP contribution in [0.15, 0.2) is 0 Å². The largest absolute Gasteiger partial charge is 0.444 e. The second kappa shape index (κ2) is 9.57. The van der Waals surface area contributed by atoms with Gasteiger partial charge in [-0.05, 0) is 39.5 Å². The molecule has 0 spiro atoms. The molecule has 0 aromatic rings. The average Bonchev–Trinajstić information content (AvgIpc) is 3.04. The molecule has 154 valence electrons. The number of nitrogens with one attached hydrogen (secondary N) is 3. The van der Waals surface area contributed by atoms with E-state index in [1.54, 1.807) is 20.8 Å². The molecule has 1 aliphatic heterocycles. The van der Waals surface area contributed by atoms with Crippen LogP contribution in [0.5, 0.6) is 0 Å². The molecule has 4 amide bonds. The molecule has 0 aromatic carbocycles. The fourth-order valence-corrected chi connectivity index (χ4v) is 2.84. The first-order valence-electron chi connectivity index (χ1n) is 9.24. The van der Waals surface area contributed by atoms with Crippen molar-refractivity contribution in [3.05, 3.63) is 0 Å². The zero-order valence-corrected chi connectivity index (χ0v) is 17.0. The zero-order chi connectivity index (χ0) is 20.8. The van der Waals surface area contributed by atoms with Crippen molar-refractivity contribution >= 4 is 23.8 Å². The summed E-state index contributed by atoms with van der Waals surface area (Å²) < 4.78 is 5.10. The topological polar surface area (TPSA) is 117 Å². The molecule has 9 heteroatoms. The smallest absolute Gasteiger partial charge is 0.408 e. The average molecular weight is 384 g/mol. The van der Waals surface area contributed by atoms with Crippen molar-refractivity contribution in [3.63, 3.8) is 0 Å². The van der Waals surface area contributed by atoms with E-state index in [1.807, 2.05) is 13.8 Å². The van der Waals surface area contributed by atoms with E-state index < -0.39 is 23.8 Å². The van der Waals surface area contributed by atoms with Gasteiger partial charge in [0, 0.05) is 13.6 Å². The monoisotopic (exact) mass is 384 g/mol.